The van der Waals surface area contributed by atoms with E-state index >= 15 is 0 Å². The maximum absolute atomic E-state index is 5.53. The lowest BCUT2D eigenvalue weighted by molar-refractivity contribution is 0.340. The smallest absolute Gasteiger partial charge is 0.119 e. The van der Waals surface area contributed by atoms with Crippen LogP contribution in [0.4, 0.5) is 0 Å². The summed E-state index contributed by atoms with van der Waals surface area (Å²) in [5, 5.41) is 0. The predicted octanol–water partition coefficient (Wildman–Crippen LogP) is 5.34. The zero-order valence-electron chi connectivity index (χ0n) is 14.1. The maximum atomic E-state index is 5.53. The molecule has 2 aromatic carbocycles. The lowest BCUT2D eigenvalue weighted by atomic mass is 9.76. The summed E-state index contributed by atoms with van der Waals surface area (Å²) >= 11 is 0. The predicted molar refractivity (Wildman–Crippen MR) is 90.4 cm³/mol. The zero-order valence-corrected chi connectivity index (χ0v) is 14.1. The van der Waals surface area contributed by atoms with Gasteiger partial charge in [-0.15, -0.1) is 0 Å². The molecule has 0 aliphatic heterocycles. The van der Waals surface area contributed by atoms with Gasteiger partial charge < -0.3 is 4.74 Å². The van der Waals surface area contributed by atoms with Crippen molar-refractivity contribution in [1.82, 2.24) is 0 Å². The summed E-state index contributed by atoms with van der Waals surface area (Å²) in [5.41, 5.74) is 6.80. The Hall–Kier alpha value is -1.76. The lowest BCUT2D eigenvalue weighted by Gasteiger charge is -2.28. The summed E-state index contributed by atoms with van der Waals surface area (Å²) in [6.07, 6.45) is 0. The number of ether oxygens (including phenoxy) is 1. The van der Waals surface area contributed by atoms with Gasteiger partial charge in [-0.3, -0.25) is 0 Å². The second kappa shape index (κ2) is 5.93. The summed E-state index contributed by atoms with van der Waals surface area (Å²) in [4.78, 5) is 0. The molecular weight excluding hydrogens is 256 g/mol. The first-order valence-corrected chi connectivity index (χ1v) is 7.68. The minimum Gasteiger partial charge on any atom is -0.494 e. The zero-order chi connectivity index (χ0) is 15.6. The van der Waals surface area contributed by atoms with Gasteiger partial charge in [-0.25, -0.2) is 0 Å². The summed E-state index contributed by atoms with van der Waals surface area (Å²) < 4.78 is 5.53. The van der Waals surface area contributed by atoms with Gasteiger partial charge in [0.1, 0.15) is 5.75 Å². The number of rotatable bonds is 4. The van der Waals surface area contributed by atoms with Crippen LogP contribution in [0, 0.1) is 20.8 Å². The van der Waals surface area contributed by atoms with Gasteiger partial charge in [0, 0.05) is 5.41 Å². The molecule has 0 atom stereocenters. The molecule has 1 nitrogen and oxygen atoms in total. The Kier molecular flexibility index (Phi) is 4.41. The standard InChI is InChI=1S/C20H26O/c1-7-21-19-10-8-17(9-11-19)20(5,6)18-12-14(2)16(4)15(3)13-18/h8-13H,7H2,1-6H3. The van der Waals surface area contributed by atoms with Gasteiger partial charge in [-0.2, -0.15) is 0 Å². The summed E-state index contributed by atoms with van der Waals surface area (Å²) in [7, 11) is 0. The monoisotopic (exact) mass is 282 g/mol. The van der Waals surface area contributed by atoms with E-state index < -0.39 is 0 Å². The minimum atomic E-state index is -0.00599. The first kappa shape index (κ1) is 15.6. The Morgan fingerprint density at radius 1 is 0.857 bits per heavy atom. The molecule has 0 bridgehead atoms. The lowest BCUT2D eigenvalue weighted by Crippen LogP contribution is -2.19. The molecule has 0 saturated heterocycles. The van der Waals surface area contributed by atoms with E-state index in [4.69, 9.17) is 4.74 Å². The molecule has 0 radical (unpaired) electrons. The largest absolute Gasteiger partial charge is 0.494 e. The quantitative estimate of drug-likeness (QED) is 0.736. The van der Waals surface area contributed by atoms with Gasteiger partial charge >= 0.3 is 0 Å². The number of hydrogen-bond donors (Lipinski definition) is 0. The Morgan fingerprint density at radius 2 is 1.38 bits per heavy atom. The fourth-order valence-electron chi connectivity index (χ4n) is 2.70. The molecule has 0 amide bonds. The van der Waals surface area contributed by atoms with Crippen LogP contribution in [0.1, 0.15) is 48.6 Å². The van der Waals surface area contributed by atoms with E-state index in [1.165, 1.54) is 27.8 Å². The Bertz CT molecular complexity index is 598. The highest BCUT2D eigenvalue weighted by atomic mass is 16.5. The van der Waals surface area contributed by atoms with Crippen molar-refractivity contribution in [3.63, 3.8) is 0 Å². The van der Waals surface area contributed by atoms with Crippen molar-refractivity contribution in [2.75, 3.05) is 6.61 Å². The van der Waals surface area contributed by atoms with Crippen LogP contribution in [0.25, 0.3) is 0 Å². The Balaban J connectivity index is 2.41. The van der Waals surface area contributed by atoms with Crippen LogP contribution in [0.3, 0.4) is 0 Å². The highest BCUT2D eigenvalue weighted by molar-refractivity contribution is 5.45. The van der Waals surface area contributed by atoms with E-state index in [-0.39, 0.29) is 5.41 Å². The normalized spacial score (nSPS) is 11.5. The fourth-order valence-corrected chi connectivity index (χ4v) is 2.70. The van der Waals surface area contributed by atoms with E-state index in [2.05, 4.69) is 71.0 Å². The Labute approximate surface area is 129 Å². The van der Waals surface area contributed by atoms with Gasteiger partial charge in [-0.1, -0.05) is 38.1 Å². The molecule has 0 aliphatic carbocycles. The minimum absolute atomic E-state index is 0.00599. The van der Waals surface area contributed by atoms with E-state index in [0.29, 0.717) is 6.61 Å². The second-order valence-electron chi connectivity index (χ2n) is 6.32. The van der Waals surface area contributed by atoms with Crippen molar-refractivity contribution in [2.24, 2.45) is 0 Å². The molecule has 21 heavy (non-hydrogen) atoms. The average Bonchev–Trinajstić information content (AvgIpc) is 2.45. The molecule has 0 saturated carbocycles. The topological polar surface area (TPSA) is 9.23 Å². The third-order valence-electron chi connectivity index (χ3n) is 4.54. The molecule has 2 rings (SSSR count). The number of benzene rings is 2. The second-order valence-corrected chi connectivity index (χ2v) is 6.32. The third kappa shape index (κ3) is 3.12. The van der Waals surface area contributed by atoms with Crippen molar-refractivity contribution < 1.29 is 4.74 Å². The molecule has 0 aromatic heterocycles. The molecule has 0 aliphatic rings. The van der Waals surface area contributed by atoms with Gasteiger partial charge in [0.15, 0.2) is 0 Å². The summed E-state index contributed by atoms with van der Waals surface area (Å²) in [6, 6.07) is 13.1. The highest BCUT2D eigenvalue weighted by Gasteiger charge is 2.24. The fraction of sp³-hybridized carbons (Fsp3) is 0.400. The number of aryl methyl sites for hydroxylation is 2. The molecule has 112 valence electrons. The molecule has 0 heterocycles. The van der Waals surface area contributed by atoms with E-state index in [1.807, 2.05) is 6.92 Å². The van der Waals surface area contributed by atoms with Crippen molar-refractivity contribution in [1.29, 1.82) is 0 Å². The van der Waals surface area contributed by atoms with Crippen molar-refractivity contribution in [2.45, 2.75) is 47.0 Å². The van der Waals surface area contributed by atoms with Gasteiger partial charge in [0.2, 0.25) is 0 Å². The molecule has 0 N–H and O–H groups in total. The molecule has 0 spiro atoms. The SMILES string of the molecule is CCOc1ccc(C(C)(C)c2cc(C)c(C)c(C)c2)cc1. The third-order valence-corrected chi connectivity index (χ3v) is 4.54. The van der Waals surface area contributed by atoms with E-state index in [0.717, 1.165) is 5.75 Å². The van der Waals surface area contributed by atoms with Crippen LogP contribution >= 0.6 is 0 Å². The molecular formula is C20H26O. The van der Waals surface area contributed by atoms with Crippen molar-refractivity contribution in [3.8, 4) is 5.75 Å². The average molecular weight is 282 g/mol. The van der Waals surface area contributed by atoms with E-state index in [9.17, 15) is 0 Å². The summed E-state index contributed by atoms with van der Waals surface area (Å²) in [6.45, 7) is 13.9. The van der Waals surface area contributed by atoms with Crippen LogP contribution in [0.15, 0.2) is 36.4 Å². The maximum Gasteiger partial charge on any atom is 0.119 e. The molecule has 1 heteroatoms. The van der Waals surface area contributed by atoms with Crippen LogP contribution in [-0.2, 0) is 5.41 Å². The first-order valence-electron chi connectivity index (χ1n) is 7.68. The molecule has 2 aromatic rings. The molecule has 0 fully saturated rings. The van der Waals surface area contributed by atoms with Crippen LogP contribution in [-0.4, -0.2) is 6.61 Å². The van der Waals surface area contributed by atoms with Gasteiger partial charge in [0.05, 0.1) is 6.61 Å². The summed E-state index contributed by atoms with van der Waals surface area (Å²) in [5.74, 6) is 0.938. The number of hydrogen-bond acceptors (Lipinski definition) is 1. The van der Waals surface area contributed by atoms with Crippen LogP contribution < -0.4 is 4.74 Å². The van der Waals surface area contributed by atoms with Gasteiger partial charge in [0.25, 0.3) is 0 Å². The van der Waals surface area contributed by atoms with Crippen LogP contribution in [0.2, 0.25) is 0 Å². The first-order chi connectivity index (χ1) is 9.86. The van der Waals surface area contributed by atoms with Gasteiger partial charge in [-0.05, 0) is 67.6 Å². The highest BCUT2D eigenvalue weighted by Crippen LogP contribution is 2.34. The Morgan fingerprint density at radius 3 is 1.86 bits per heavy atom. The molecule has 0 unspecified atom stereocenters. The van der Waals surface area contributed by atoms with Crippen molar-refractivity contribution >= 4 is 0 Å². The van der Waals surface area contributed by atoms with E-state index in [1.54, 1.807) is 0 Å². The van der Waals surface area contributed by atoms with Crippen LogP contribution in [0.5, 0.6) is 5.75 Å². The van der Waals surface area contributed by atoms with Crippen molar-refractivity contribution in [3.05, 3.63) is 64.2 Å².